The molecule has 96 valence electrons. The Labute approximate surface area is 105 Å². The van der Waals surface area contributed by atoms with Crippen molar-refractivity contribution in [2.75, 3.05) is 6.61 Å². The van der Waals surface area contributed by atoms with E-state index in [0.29, 0.717) is 18.7 Å². The number of rotatable bonds is 4. The summed E-state index contributed by atoms with van der Waals surface area (Å²) in [6, 6.07) is 5.28. The number of fused-ring (bicyclic) bond motifs is 1. The molecule has 0 amide bonds. The molecule has 1 N–H and O–H groups in total. The number of aliphatic hydroxyl groups excluding tert-OH is 1. The first kappa shape index (κ1) is 12.6. The third-order valence-electron chi connectivity index (χ3n) is 2.59. The average Bonchev–Trinajstić information content (AvgIpc) is 2.71. The van der Waals surface area contributed by atoms with Crippen molar-refractivity contribution in [3.8, 4) is 0 Å². The second-order valence-corrected chi connectivity index (χ2v) is 4.17. The summed E-state index contributed by atoms with van der Waals surface area (Å²) in [5, 5.41) is 14.5. The average molecular weight is 248 g/mol. The van der Waals surface area contributed by atoms with E-state index in [2.05, 4.69) is 5.10 Å². The number of hydrogen-bond acceptors (Lipinski definition) is 4. The van der Waals surface area contributed by atoms with Gasteiger partial charge in [0.25, 0.3) is 0 Å². The number of aromatic nitrogens is 2. The molecule has 2 aromatic rings. The van der Waals surface area contributed by atoms with Crippen molar-refractivity contribution in [3.63, 3.8) is 0 Å². The lowest BCUT2D eigenvalue weighted by molar-refractivity contribution is 0.0526. The fraction of sp³-hybridized carbons (Fsp3) is 0.385. The zero-order valence-electron chi connectivity index (χ0n) is 10.5. The number of ether oxygens (including phenoxy) is 1. The van der Waals surface area contributed by atoms with Crippen LogP contribution < -0.4 is 0 Å². The minimum atomic E-state index is -0.487. The van der Waals surface area contributed by atoms with Crippen LogP contribution in [0.15, 0.2) is 24.4 Å². The van der Waals surface area contributed by atoms with Crippen LogP contribution in [0.3, 0.4) is 0 Å². The summed E-state index contributed by atoms with van der Waals surface area (Å²) in [5.41, 5.74) is 1.32. The van der Waals surface area contributed by atoms with Crippen LogP contribution in [0, 0.1) is 0 Å². The van der Waals surface area contributed by atoms with E-state index < -0.39 is 6.10 Å². The molecule has 18 heavy (non-hydrogen) atoms. The Morgan fingerprint density at radius 3 is 3.00 bits per heavy atom. The molecular formula is C13H16N2O3. The highest BCUT2D eigenvalue weighted by Crippen LogP contribution is 2.17. The molecule has 0 fully saturated rings. The number of carbonyl (C=O) groups excluding carboxylic acids is 1. The van der Waals surface area contributed by atoms with Crippen LogP contribution in [0.2, 0.25) is 0 Å². The van der Waals surface area contributed by atoms with E-state index in [-0.39, 0.29) is 5.97 Å². The molecule has 1 heterocycles. The third-order valence-corrected chi connectivity index (χ3v) is 2.59. The summed E-state index contributed by atoms with van der Waals surface area (Å²) in [6.45, 7) is 4.22. The molecule has 5 heteroatoms. The molecule has 0 aliphatic rings. The minimum Gasteiger partial charge on any atom is -0.462 e. The normalized spacial score (nSPS) is 12.6. The summed E-state index contributed by atoms with van der Waals surface area (Å²) in [6.07, 6.45) is 1.23. The minimum absolute atomic E-state index is 0.343. The molecule has 1 unspecified atom stereocenters. The van der Waals surface area contributed by atoms with E-state index in [1.165, 1.54) is 0 Å². The van der Waals surface area contributed by atoms with Crippen LogP contribution in [0.25, 0.3) is 10.9 Å². The summed E-state index contributed by atoms with van der Waals surface area (Å²) in [7, 11) is 0. The van der Waals surface area contributed by atoms with Gasteiger partial charge < -0.3 is 9.84 Å². The molecule has 0 saturated heterocycles. The van der Waals surface area contributed by atoms with Gasteiger partial charge in [0.05, 0.1) is 36.5 Å². The Morgan fingerprint density at radius 1 is 1.56 bits per heavy atom. The van der Waals surface area contributed by atoms with Crippen molar-refractivity contribution in [2.24, 2.45) is 0 Å². The zero-order valence-corrected chi connectivity index (χ0v) is 10.5. The molecule has 0 radical (unpaired) electrons. The van der Waals surface area contributed by atoms with Gasteiger partial charge in [-0.15, -0.1) is 0 Å². The highest BCUT2D eigenvalue weighted by Gasteiger charge is 2.10. The second-order valence-electron chi connectivity index (χ2n) is 4.17. The fourth-order valence-corrected chi connectivity index (χ4v) is 1.81. The molecule has 1 atom stereocenters. The number of benzene rings is 1. The Morgan fingerprint density at radius 2 is 2.33 bits per heavy atom. The van der Waals surface area contributed by atoms with Crippen LogP contribution in [0.1, 0.15) is 24.2 Å². The quantitative estimate of drug-likeness (QED) is 0.835. The second kappa shape index (κ2) is 5.18. The predicted molar refractivity (Wildman–Crippen MR) is 67.4 cm³/mol. The van der Waals surface area contributed by atoms with Gasteiger partial charge in [0.1, 0.15) is 0 Å². The van der Waals surface area contributed by atoms with Crippen molar-refractivity contribution in [3.05, 3.63) is 30.0 Å². The molecule has 5 nitrogen and oxygen atoms in total. The van der Waals surface area contributed by atoms with Gasteiger partial charge in [0, 0.05) is 5.39 Å². The van der Waals surface area contributed by atoms with E-state index in [9.17, 15) is 9.90 Å². The monoisotopic (exact) mass is 248 g/mol. The first-order chi connectivity index (χ1) is 8.61. The van der Waals surface area contributed by atoms with Crippen molar-refractivity contribution >= 4 is 16.9 Å². The lowest BCUT2D eigenvalue weighted by atomic mass is 10.1. The molecule has 0 saturated carbocycles. The van der Waals surface area contributed by atoms with Gasteiger partial charge in [-0.2, -0.15) is 5.10 Å². The van der Waals surface area contributed by atoms with Gasteiger partial charge in [0.2, 0.25) is 0 Å². The van der Waals surface area contributed by atoms with Crippen LogP contribution in [-0.4, -0.2) is 33.6 Å². The topological polar surface area (TPSA) is 64.3 Å². The van der Waals surface area contributed by atoms with E-state index in [0.717, 1.165) is 10.9 Å². The number of nitrogens with zero attached hydrogens (tertiary/aromatic N) is 2. The summed E-state index contributed by atoms with van der Waals surface area (Å²) in [5.74, 6) is -0.343. The van der Waals surface area contributed by atoms with Crippen molar-refractivity contribution in [1.82, 2.24) is 9.78 Å². The van der Waals surface area contributed by atoms with Crippen molar-refractivity contribution < 1.29 is 14.6 Å². The molecule has 2 rings (SSSR count). The van der Waals surface area contributed by atoms with E-state index in [1.807, 2.05) is 6.07 Å². The van der Waals surface area contributed by atoms with E-state index in [1.54, 1.807) is 36.9 Å². The predicted octanol–water partition coefficient (Wildman–Crippen LogP) is 1.59. The Kier molecular flexibility index (Phi) is 3.62. The molecule has 0 bridgehead atoms. The maximum Gasteiger partial charge on any atom is 0.338 e. The molecule has 0 spiro atoms. The van der Waals surface area contributed by atoms with E-state index >= 15 is 0 Å². The van der Waals surface area contributed by atoms with Gasteiger partial charge in [-0.05, 0) is 26.0 Å². The number of hydrogen-bond donors (Lipinski definition) is 1. The first-order valence-electron chi connectivity index (χ1n) is 5.92. The Hall–Kier alpha value is -1.88. The van der Waals surface area contributed by atoms with Gasteiger partial charge in [-0.1, -0.05) is 6.07 Å². The Bertz CT molecular complexity index is 560. The Balaban J connectivity index is 2.39. The molecule has 1 aromatic heterocycles. The van der Waals surface area contributed by atoms with Crippen molar-refractivity contribution in [1.29, 1.82) is 0 Å². The molecule has 0 aliphatic heterocycles. The lowest BCUT2D eigenvalue weighted by Crippen LogP contribution is -2.13. The van der Waals surface area contributed by atoms with Crippen molar-refractivity contribution in [2.45, 2.75) is 26.5 Å². The third kappa shape index (κ3) is 2.51. The SMILES string of the molecule is CCOC(=O)c1ccc2cnn(CC(C)O)c2c1. The van der Waals surface area contributed by atoms with Gasteiger partial charge in [-0.25, -0.2) is 4.79 Å². The maximum absolute atomic E-state index is 11.6. The summed E-state index contributed by atoms with van der Waals surface area (Å²) >= 11 is 0. The van der Waals surface area contributed by atoms with Crippen LogP contribution in [0.5, 0.6) is 0 Å². The first-order valence-corrected chi connectivity index (χ1v) is 5.92. The fourth-order valence-electron chi connectivity index (χ4n) is 1.81. The summed E-state index contributed by atoms with van der Waals surface area (Å²) < 4.78 is 6.64. The van der Waals surface area contributed by atoms with Crippen LogP contribution in [0.4, 0.5) is 0 Å². The van der Waals surface area contributed by atoms with Gasteiger partial charge in [0.15, 0.2) is 0 Å². The van der Waals surface area contributed by atoms with Gasteiger partial charge >= 0.3 is 5.97 Å². The number of esters is 1. The standard InChI is InChI=1S/C13H16N2O3/c1-3-18-13(17)10-4-5-11-7-14-15(8-9(2)16)12(11)6-10/h4-7,9,16H,3,8H2,1-2H3. The maximum atomic E-state index is 11.6. The summed E-state index contributed by atoms with van der Waals surface area (Å²) in [4.78, 5) is 11.6. The van der Waals surface area contributed by atoms with Crippen LogP contribution in [-0.2, 0) is 11.3 Å². The number of carbonyl (C=O) groups is 1. The highest BCUT2D eigenvalue weighted by molar-refractivity contribution is 5.94. The van der Waals surface area contributed by atoms with Gasteiger partial charge in [-0.3, -0.25) is 4.68 Å². The van der Waals surface area contributed by atoms with E-state index in [4.69, 9.17) is 4.74 Å². The molecule has 1 aromatic carbocycles. The zero-order chi connectivity index (χ0) is 13.1. The molecular weight excluding hydrogens is 232 g/mol. The molecule has 0 aliphatic carbocycles. The lowest BCUT2D eigenvalue weighted by Gasteiger charge is -2.07. The largest absolute Gasteiger partial charge is 0.462 e. The smallest absolute Gasteiger partial charge is 0.338 e. The number of aliphatic hydroxyl groups is 1. The van der Waals surface area contributed by atoms with Crippen LogP contribution >= 0.6 is 0 Å². The highest BCUT2D eigenvalue weighted by atomic mass is 16.5.